The van der Waals surface area contributed by atoms with Gasteiger partial charge in [-0.15, -0.1) is 0 Å². The number of nitrogens with one attached hydrogen (secondary N) is 1. The molecule has 0 atom stereocenters. The number of hydrogen-bond donors (Lipinski definition) is 1. The van der Waals surface area contributed by atoms with E-state index in [0.717, 1.165) is 24.1 Å². The van der Waals surface area contributed by atoms with Crippen LogP contribution in [0.15, 0.2) is 83.8 Å². The van der Waals surface area contributed by atoms with Crippen LogP contribution in [0.1, 0.15) is 18.1 Å². The van der Waals surface area contributed by atoms with E-state index in [1.54, 1.807) is 6.07 Å². The minimum Gasteiger partial charge on any atom is -0.492 e. The van der Waals surface area contributed by atoms with Crippen molar-refractivity contribution in [2.75, 3.05) is 24.0 Å². The largest absolute Gasteiger partial charge is 0.492 e. The van der Waals surface area contributed by atoms with Crippen molar-refractivity contribution in [3.05, 3.63) is 90.0 Å². The summed E-state index contributed by atoms with van der Waals surface area (Å²) in [7, 11) is -4.32. The molecule has 0 saturated carbocycles. The van der Waals surface area contributed by atoms with Crippen LogP contribution in [0.2, 0.25) is 0 Å². The van der Waals surface area contributed by atoms with Gasteiger partial charge in [-0.1, -0.05) is 43.3 Å². The third-order valence-electron chi connectivity index (χ3n) is 5.10. The van der Waals surface area contributed by atoms with Crippen molar-refractivity contribution in [2.45, 2.75) is 24.4 Å². The minimum atomic E-state index is -4.67. The lowest BCUT2D eigenvalue weighted by Crippen LogP contribution is -2.42. The number of ether oxygens (including phenoxy) is 1. The number of hydrogen-bond acceptors (Lipinski definition) is 4. The Balaban J connectivity index is 1.73. The molecule has 0 unspecified atom stereocenters. The van der Waals surface area contributed by atoms with Gasteiger partial charge in [-0.3, -0.25) is 9.10 Å². The SMILES string of the molecule is CCc1ccc(OCCNC(=O)CN(c2cccc(C(F)(F)F)c2)S(=O)(=O)c2ccccc2)cc1. The summed E-state index contributed by atoms with van der Waals surface area (Å²) >= 11 is 0. The molecule has 0 spiro atoms. The smallest absolute Gasteiger partial charge is 0.416 e. The number of benzene rings is 3. The summed E-state index contributed by atoms with van der Waals surface area (Å²) < 4.78 is 72.4. The van der Waals surface area contributed by atoms with Gasteiger partial charge in [0.1, 0.15) is 18.9 Å². The van der Waals surface area contributed by atoms with Gasteiger partial charge in [-0.05, 0) is 54.4 Å². The van der Waals surface area contributed by atoms with Gasteiger partial charge in [0.15, 0.2) is 0 Å². The maximum Gasteiger partial charge on any atom is 0.416 e. The van der Waals surface area contributed by atoms with E-state index in [2.05, 4.69) is 5.32 Å². The zero-order chi connectivity index (χ0) is 25.5. The second-order valence-corrected chi connectivity index (χ2v) is 9.43. The van der Waals surface area contributed by atoms with E-state index in [-0.39, 0.29) is 23.7 Å². The molecule has 0 bridgehead atoms. The first-order valence-corrected chi connectivity index (χ1v) is 12.3. The summed E-state index contributed by atoms with van der Waals surface area (Å²) in [5, 5.41) is 2.55. The van der Waals surface area contributed by atoms with Gasteiger partial charge in [0.2, 0.25) is 5.91 Å². The van der Waals surface area contributed by atoms with E-state index in [0.29, 0.717) is 16.1 Å². The second kappa shape index (κ2) is 11.3. The van der Waals surface area contributed by atoms with Gasteiger partial charge in [0.25, 0.3) is 10.0 Å². The highest BCUT2D eigenvalue weighted by Crippen LogP contribution is 2.33. The third kappa shape index (κ3) is 6.98. The number of halogens is 3. The molecule has 10 heteroatoms. The number of alkyl halides is 3. The number of rotatable bonds is 10. The van der Waals surface area contributed by atoms with Crippen molar-refractivity contribution < 1.29 is 31.1 Å². The topological polar surface area (TPSA) is 75.7 Å². The van der Waals surface area contributed by atoms with Gasteiger partial charge >= 0.3 is 6.18 Å². The second-order valence-electron chi connectivity index (χ2n) is 7.57. The molecule has 6 nitrogen and oxygen atoms in total. The standard InChI is InChI=1S/C25H25F3N2O4S/c1-2-19-11-13-22(14-12-19)34-16-15-29-24(31)18-30(35(32,33)23-9-4-3-5-10-23)21-8-6-7-20(17-21)25(26,27)28/h3-14,17H,2,15-16,18H2,1H3,(H,29,31). The van der Waals surface area contributed by atoms with E-state index in [9.17, 15) is 26.4 Å². The molecule has 0 radical (unpaired) electrons. The van der Waals surface area contributed by atoms with E-state index in [1.165, 1.54) is 30.3 Å². The number of sulfonamides is 1. The van der Waals surface area contributed by atoms with Gasteiger partial charge in [-0.25, -0.2) is 8.42 Å². The summed E-state index contributed by atoms with van der Waals surface area (Å²) in [5.41, 5.74) is -0.141. The van der Waals surface area contributed by atoms with Crippen LogP contribution >= 0.6 is 0 Å². The van der Waals surface area contributed by atoms with Gasteiger partial charge in [0, 0.05) is 0 Å². The number of anilines is 1. The molecule has 35 heavy (non-hydrogen) atoms. The first-order valence-electron chi connectivity index (χ1n) is 10.8. The molecule has 0 fully saturated rings. The number of nitrogens with zero attached hydrogens (tertiary/aromatic N) is 1. The van der Waals surface area contributed by atoms with E-state index < -0.39 is 34.2 Å². The highest BCUT2D eigenvalue weighted by molar-refractivity contribution is 7.92. The summed E-state index contributed by atoms with van der Waals surface area (Å²) in [6.45, 7) is 1.54. The summed E-state index contributed by atoms with van der Waals surface area (Å²) in [5.74, 6) is -0.0689. The van der Waals surface area contributed by atoms with Crippen LogP contribution in [0.25, 0.3) is 0 Å². The fraction of sp³-hybridized carbons (Fsp3) is 0.240. The number of aryl methyl sites for hydroxylation is 1. The van der Waals surface area contributed by atoms with Crippen LogP contribution in [-0.4, -0.2) is 34.0 Å². The van der Waals surface area contributed by atoms with Crippen LogP contribution in [0.4, 0.5) is 18.9 Å². The lowest BCUT2D eigenvalue weighted by molar-refractivity contribution is -0.137. The summed E-state index contributed by atoms with van der Waals surface area (Å²) in [4.78, 5) is 12.4. The average Bonchev–Trinajstić information content (AvgIpc) is 2.85. The Hall–Kier alpha value is -3.53. The van der Waals surface area contributed by atoms with Crippen LogP contribution in [0.5, 0.6) is 5.75 Å². The van der Waals surface area contributed by atoms with Gasteiger partial charge < -0.3 is 10.1 Å². The first kappa shape index (κ1) is 26.1. The molecule has 1 N–H and O–H groups in total. The Bertz CT molecular complexity index is 1230. The summed E-state index contributed by atoms with van der Waals surface area (Å²) in [6.07, 6.45) is -3.78. The van der Waals surface area contributed by atoms with Crippen molar-refractivity contribution in [2.24, 2.45) is 0 Å². The zero-order valence-corrected chi connectivity index (χ0v) is 19.8. The van der Waals surface area contributed by atoms with Crippen molar-refractivity contribution in [1.29, 1.82) is 0 Å². The Labute approximate surface area is 202 Å². The Morgan fingerprint density at radius 2 is 1.66 bits per heavy atom. The van der Waals surface area contributed by atoms with E-state index >= 15 is 0 Å². The highest BCUT2D eigenvalue weighted by atomic mass is 32.2. The average molecular weight is 507 g/mol. The van der Waals surface area contributed by atoms with Crippen LogP contribution < -0.4 is 14.4 Å². The molecule has 186 valence electrons. The van der Waals surface area contributed by atoms with Gasteiger partial charge in [-0.2, -0.15) is 13.2 Å². The molecule has 0 aliphatic carbocycles. The maximum atomic E-state index is 13.2. The quantitative estimate of drug-likeness (QED) is 0.406. The molecule has 0 aromatic heterocycles. The van der Waals surface area contributed by atoms with E-state index in [4.69, 9.17) is 4.74 Å². The molecular weight excluding hydrogens is 481 g/mol. The van der Waals surface area contributed by atoms with Crippen molar-refractivity contribution >= 4 is 21.6 Å². The molecular formula is C25H25F3N2O4S. The highest BCUT2D eigenvalue weighted by Gasteiger charge is 2.33. The van der Waals surface area contributed by atoms with Crippen LogP contribution in [0.3, 0.4) is 0 Å². The van der Waals surface area contributed by atoms with E-state index in [1.807, 2.05) is 31.2 Å². The van der Waals surface area contributed by atoms with Crippen molar-refractivity contribution in [3.63, 3.8) is 0 Å². The first-order chi connectivity index (χ1) is 16.6. The van der Waals surface area contributed by atoms with Crippen LogP contribution in [-0.2, 0) is 27.4 Å². The van der Waals surface area contributed by atoms with Crippen molar-refractivity contribution in [3.8, 4) is 5.75 Å². The normalized spacial score (nSPS) is 11.7. The Morgan fingerprint density at radius 1 is 0.971 bits per heavy atom. The van der Waals surface area contributed by atoms with Crippen molar-refractivity contribution in [1.82, 2.24) is 5.32 Å². The Kier molecular flexibility index (Phi) is 8.39. The monoisotopic (exact) mass is 506 g/mol. The maximum absolute atomic E-state index is 13.2. The molecule has 0 aliphatic heterocycles. The molecule has 1 amide bonds. The molecule has 3 aromatic carbocycles. The zero-order valence-electron chi connectivity index (χ0n) is 19.0. The molecule has 0 heterocycles. The molecule has 3 aromatic rings. The molecule has 3 rings (SSSR count). The lowest BCUT2D eigenvalue weighted by atomic mass is 10.2. The molecule has 0 saturated heterocycles. The lowest BCUT2D eigenvalue weighted by Gasteiger charge is -2.25. The summed E-state index contributed by atoms with van der Waals surface area (Å²) in [6, 6.07) is 18.5. The van der Waals surface area contributed by atoms with Gasteiger partial charge in [0.05, 0.1) is 22.7 Å². The number of carbonyl (C=O) groups excluding carboxylic acids is 1. The fourth-order valence-electron chi connectivity index (χ4n) is 3.24. The minimum absolute atomic E-state index is 0.0795. The van der Waals surface area contributed by atoms with Crippen LogP contribution in [0, 0.1) is 0 Å². The predicted octanol–water partition coefficient (Wildman–Crippen LogP) is 4.66. The molecule has 0 aliphatic rings. The fourth-order valence-corrected chi connectivity index (χ4v) is 4.67. The third-order valence-corrected chi connectivity index (χ3v) is 6.89. The number of carbonyl (C=O) groups is 1. The predicted molar refractivity (Wildman–Crippen MR) is 127 cm³/mol. The Morgan fingerprint density at radius 3 is 2.29 bits per heavy atom. The number of amides is 1.